The molecule has 0 aromatic carbocycles. The van der Waals surface area contributed by atoms with Gasteiger partial charge >= 0.3 is 6.09 Å². The highest BCUT2D eigenvalue weighted by atomic mass is 32.1. The predicted octanol–water partition coefficient (Wildman–Crippen LogP) is 2.02. The molecule has 4 nitrogen and oxygen atoms in total. The van der Waals surface area contributed by atoms with Crippen LogP contribution in [0.15, 0.2) is 22.6 Å². The molecule has 0 spiro atoms. The second kappa shape index (κ2) is 6.15. The Morgan fingerprint density at radius 1 is 1.79 bits per heavy atom. The third-order valence-corrected chi connectivity index (χ3v) is 2.29. The lowest BCUT2D eigenvalue weighted by Crippen LogP contribution is -2.18. The minimum atomic E-state index is -0.519. The molecule has 1 aromatic rings. The molecule has 0 radical (unpaired) electrons. The summed E-state index contributed by atoms with van der Waals surface area (Å²) < 4.78 is 4.62. The van der Waals surface area contributed by atoms with Crippen LogP contribution in [0.4, 0.5) is 4.79 Å². The predicted molar refractivity (Wildman–Crippen MR) is 56.7 cm³/mol. The quantitative estimate of drug-likeness (QED) is 0.613. The van der Waals surface area contributed by atoms with Gasteiger partial charge in [0.05, 0.1) is 6.61 Å². The first-order valence-corrected chi connectivity index (χ1v) is 5.17. The Kier molecular flexibility index (Phi) is 4.71. The van der Waals surface area contributed by atoms with Crippen LogP contribution in [-0.4, -0.2) is 18.9 Å². The van der Waals surface area contributed by atoms with Gasteiger partial charge in [0.25, 0.3) is 0 Å². The Bertz CT molecular complexity index is 296. The number of nitrogens with zero attached hydrogens (tertiary/aromatic N) is 1. The Labute approximate surface area is 86.6 Å². The number of rotatable bonds is 4. The number of nitrogens with one attached hydrogen (secondary N) is 1. The molecule has 1 heterocycles. The summed E-state index contributed by atoms with van der Waals surface area (Å²) >= 11 is 1.66. The summed E-state index contributed by atoms with van der Waals surface area (Å²) in [7, 11) is 0. The van der Waals surface area contributed by atoms with Crippen molar-refractivity contribution >= 4 is 23.6 Å². The highest BCUT2D eigenvalue weighted by molar-refractivity contribution is 7.10. The van der Waals surface area contributed by atoms with Crippen LogP contribution in [0, 0.1) is 0 Å². The van der Waals surface area contributed by atoms with Gasteiger partial charge in [-0.1, -0.05) is 6.07 Å². The molecular weight excluding hydrogens is 200 g/mol. The smallest absolute Gasteiger partial charge is 0.427 e. The third-order valence-electron chi connectivity index (χ3n) is 1.40. The molecule has 0 saturated carbocycles. The van der Waals surface area contributed by atoms with Crippen molar-refractivity contribution in [2.75, 3.05) is 6.61 Å². The third kappa shape index (κ3) is 4.04. The van der Waals surface area contributed by atoms with Gasteiger partial charge in [0.2, 0.25) is 0 Å². The average molecular weight is 212 g/mol. The Balaban J connectivity index is 2.18. The lowest BCUT2D eigenvalue weighted by atomic mass is 10.4. The van der Waals surface area contributed by atoms with E-state index in [0.29, 0.717) is 6.61 Å². The standard InChI is InChI=1S/C9H12N2O2S/c1-2-13-9(12)11-10-6-5-8-4-3-7-14-8/h3-4,6-7H,2,5H2,1H3,(H,11,12)/b10-6+. The molecule has 0 unspecified atom stereocenters. The Morgan fingerprint density at radius 3 is 3.29 bits per heavy atom. The van der Waals surface area contributed by atoms with Crippen LogP contribution in [0.3, 0.4) is 0 Å². The zero-order chi connectivity index (χ0) is 10.2. The maximum atomic E-state index is 10.8. The zero-order valence-electron chi connectivity index (χ0n) is 7.90. The number of hydrogen-bond donors (Lipinski definition) is 1. The van der Waals surface area contributed by atoms with E-state index in [1.165, 1.54) is 4.88 Å². The number of ether oxygens (including phenoxy) is 1. The molecule has 0 aliphatic rings. The van der Waals surface area contributed by atoms with E-state index in [1.54, 1.807) is 24.5 Å². The molecule has 0 saturated heterocycles. The number of hydrazone groups is 1. The molecule has 0 atom stereocenters. The van der Waals surface area contributed by atoms with Crippen molar-refractivity contribution in [2.45, 2.75) is 13.3 Å². The Morgan fingerprint density at radius 2 is 2.64 bits per heavy atom. The largest absolute Gasteiger partial charge is 0.449 e. The minimum absolute atomic E-state index is 0.353. The maximum absolute atomic E-state index is 10.8. The summed E-state index contributed by atoms with van der Waals surface area (Å²) in [5, 5.41) is 5.72. The number of carbonyl (C=O) groups excluding carboxylic acids is 1. The normalized spacial score (nSPS) is 10.4. The summed E-state index contributed by atoms with van der Waals surface area (Å²) in [6.45, 7) is 2.10. The average Bonchev–Trinajstić information content (AvgIpc) is 2.65. The van der Waals surface area contributed by atoms with Crippen LogP contribution in [0.2, 0.25) is 0 Å². The molecule has 0 bridgehead atoms. The van der Waals surface area contributed by atoms with Crippen LogP contribution in [-0.2, 0) is 11.2 Å². The van der Waals surface area contributed by atoms with Crippen LogP contribution in [0.5, 0.6) is 0 Å². The van der Waals surface area contributed by atoms with E-state index in [0.717, 1.165) is 6.42 Å². The highest BCUT2D eigenvalue weighted by Gasteiger charge is 1.95. The summed E-state index contributed by atoms with van der Waals surface area (Å²) in [6, 6.07) is 3.99. The van der Waals surface area contributed by atoms with Crippen molar-refractivity contribution in [1.29, 1.82) is 0 Å². The fraction of sp³-hybridized carbons (Fsp3) is 0.333. The molecule has 1 N–H and O–H groups in total. The summed E-state index contributed by atoms with van der Waals surface area (Å²) in [5.41, 5.74) is 2.26. The van der Waals surface area contributed by atoms with E-state index < -0.39 is 6.09 Å². The molecule has 1 amide bonds. The van der Waals surface area contributed by atoms with Gasteiger partial charge in [-0.2, -0.15) is 5.10 Å². The minimum Gasteiger partial charge on any atom is -0.449 e. The second-order valence-electron chi connectivity index (χ2n) is 2.43. The number of amides is 1. The van der Waals surface area contributed by atoms with E-state index >= 15 is 0 Å². The van der Waals surface area contributed by atoms with Gasteiger partial charge in [-0.15, -0.1) is 11.3 Å². The Hall–Kier alpha value is -1.36. The molecule has 0 fully saturated rings. The molecule has 1 aromatic heterocycles. The highest BCUT2D eigenvalue weighted by Crippen LogP contribution is 2.07. The van der Waals surface area contributed by atoms with Gasteiger partial charge in [-0.05, 0) is 18.4 Å². The van der Waals surface area contributed by atoms with E-state index in [4.69, 9.17) is 0 Å². The number of hydrogen-bond acceptors (Lipinski definition) is 4. The molecule has 0 aliphatic heterocycles. The van der Waals surface area contributed by atoms with Crippen molar-refractivity contribution in [3.8, 4) is 0 Å². The SMILES string of the molecule is CCOC(=O)N/N=C/Cc1cccs1. The van der Waals surface area contributed by atoms with Crippen LogP contribution >= 0.6 is 11.3 Å². The second-order valence-corrected chi connectivity index (χ2v) is 3.46. The van der Waals surface area contributed by atoms with Gasteiger partial charge in [0, 0.05) is 17.5 Å². The van der Waals surface area contributed by atoms with Crippen molar-refractivity contribution in [2.24, 2.45) is 5.10 Å². The van der Waals surface area contributed by atoms with Gasteiger partial charge < -0.3 is 4.74 Å². The number of thiophene rings is 1. The van der Waals surface area contributed by atoms with Gasteiger partial charge in [0.1, 0.15) is 0 Å². The monoisotopic (exact) mass is 212 g/mol. The first-order valence-electron chi connectivity index (χ1n) is 4.29. The maximum Gasteiger partial charge on any atom is 0.427 e. The van der Waals surface area contributed by atoms with E-state index in [-0.39, 0.29) is 0 Å². The zero-order valence-corrected chi connectivity index (χ0v) is 8.71. The fourth-order valence-corrected chi connectivity index (χ4v) is 1.49. The molecule has 5 heteroatoms. The molecule has 0 aliphatic carbocycles. The van der Waals surface area contributed by atoms with Crippen LogP contribution in [0.25, 0.3) is 0 Å². The molecule has 76 valence electrons. The van der Waals surface area contributed by atoms with Gasteiger partial charge in [-0.25, -0.2) is 10.2 Å². The van der Waals surface area contributed by atoms with Crippen molar-refractivity contribution in [3.63, 3.8) is 0 Å². The topological polar surface area (TPSA) is 50.7 Å². The summed E-state index contributed by atoms with van der Waals surface area (Å²) in [4.78, 5) is 12.0. The lowest BCUT2D eigenvalue weighted by Gasteiger charge is -1.97. The van der Waals surface area contributed by atoms with Crippen molar-refractivity contribution in [1.82, 2.24) is 5.43 Å². The van der Waals surface area contributed by atoms with Gasteiger partial charge in [0.15, 0.2) is 0 Å². The van der Waals surface area contributed by atoms with Crippen LogP contribution in [0.1, 0.15) is 11.8 Å². The van der Waals surface area contributed by atoms with Crippen LogP contribution < -0.4 is 5.43 Å². The lowest BCUT2D eigenvalue weighted by molar-refractivity contribution is 0.152. The molecule has 14 heavy (non-hydrogen) atoms. The molecular formula is C9H12N2O2S. The molecule has 1 rings (SSSR count). The van der Waals surface area contributed by atoms with E-state index in [2.05, 4.69) is 15.3 Å². The summed E-state index contributed by atoms with van der Waals surface area (Å²) in [5.74, 6) is 0. The van der Waals surface area contributed by atoms with Gasteiger partial charge in [-0.3, -0.25) is 0 Å². The van der Waals surface area contributed by atoms with Crippen molar-refractivity contribution < 1.29 is 9.53 Å². The fourth-order valence-electron chi connectivity index (χ4n) is 0.826. The van der Waals surface area contributed by atoms with E-state index in [9.17, 15) is 4.79 Å². The number of carbonyl (C=O) groups is 1. The first kappa shape index (κ1) is 10.7. The summed E-state index contributed by atoms with van der Waals surface area (Å²) in [6.07, 6.45) is 1.85. The van der Waals surface area contributed by atoms with E-state index in [1.807, 2.05) is 17.5 Å². The first-order chi connectivity index (χ1) is 6.83. The van der Waals surface area contributed by atoms with Crippen molar-refractivity contribution in [3.05, 3.63) is 22.4 Å².